The molecule has 1 aliphatic heterocycles. The lowest BCUT2D eigenvalue weighted by atomic mass is 10.0. The number of nitrogens with one attached hydrogen (secondary N) is 2. The third kappa shape index (κ3) is 2.65. The first kappa shape index (κ1) is 12.1. The van der Waals surface area contributed by atoms with Gasteiger partial charge in [-0.25, -0.2) is 4.39 Å². The number of amides is 1. The third-order valence-corrected chi connectivity index (χ3v) is 2.96. The largest absolute Gasteiger partial charge is 0.320 e. The van der Waals surface area contributed by atoms with Crippen LogP contribution in [0.5, 0.6) is 0 Å². The molecule has 90 valence electrons. The van der Waals surface area contributed by atoms with Gasteiger partial charge >= 0.3 is 0 Å². The van der Waals surface area contributed by atoms with Crippen LogP contribution in [0.3, 0.4) is 0 Å². The van der Waals surface area contributed by atoms with Crippen LogP contribution in [0.25, 0.3) is 0 Å². The fraction of sp³-hybridized carbons (Fsp3) is 0.250. The van der Waals surface area contributed by atoms with Crippen molar-refractivity contribution in [2.45, 2.75) is 6.92 Å². The van der Waals surface area contributed by atoms with Gasteiger partial charge in [0.15, 0.2) is 0 Å². The van der Waals surface area contributed by atoms with E-state index in [0.29, 0.717) is 10.6 Å². The van der Waals surface area contributed by atoms with Crippen molar-refractivity contribution in [2.24, 2.45) is 0 Å². The Morgan fingerprint density at radius 2 is 2.18 bits per heavy atom. The van der Waals surface area contributed by atoms with Crippen molar-refractivity contribution in [1.82, 2.24) is 5.32 Å². The Morgan fingerprint density at radius 3 is 2.71 bits per heavy atom. The molecular formula is C12H12ClFN2O. The van der Waals surface area contributed by atoms with Crippen molar-refractivity contribution in [1.29, 1.82) is 0 Å². The van der Waals surface area contributed by atoms with Crippen LogP contribution in [0.15, 0.2) is 29.3 Å². The second-order valence-electron chi connectivity index (χ2n) is 3.91. The van der Waals surface area contributed by atoms with E-state index in [1.807, 2.05) is 0 Å². The van der Waals surface area contributed by atoms with Gasteiger partial charge in [0.2, 0.25) is 0 Å². The zero-order chi connectivity index (χ0) is 12.4. The molecule has 5 heteroatoms. The molecule has 0 unspecified atom stereocenters. The highest BCUT2D eigenvalue weighted by Gasteiger charge is 2.16. The molecule has 3 nitrogen and oxygen atoms in total. The monoisotopic (exact) mass is 254 g/mol. The quantitative estimate of drug-likeness (QED) is 0.796. The predicted octanol–water partition coefficient (Wildman–Crippen LogP) is 2.34. The van der Waals surface area contributed by atoms with Gasteiger partial charge in [0.05, 0.1) is 5.69 Å². The first-order valence-electron chi connectivity index (χ1n) is 5.23. The molecule has 0 aromatic heterocycles. The molecule has 0 radical (unpaired) electrons. The Kier molecular flexibility index (Phi) is 3.45. The molecule has 0 aliphatic carbocycles. The van der Waals surface area contributed by atoms with Gasteiger partial charge in [0, 0.05) is 23.7 Å². The molecule has 1 aliphatic rings. The zero-order valence-corrected chi connectivity index (χ0v) is 10.1. The first-order chi connectivity index (χ1) is 8.08. The summed E-state index contributed by atoms with van der Waals surface area (Å²) in [6.07, 6.45) is 0. The lowest BCUT2D eigenvalue weighted by Gasteiger charge is -2.21. The summed E-state index contributed by atoms with van der Waals surface area (Å²) in [5.74, 6) is -0.807. The molecule has 0 saturated carbocycles. The van der Waals surface area contributed by atoms with Gasteiger partial charge in [-0.3, -0.25) is 4.79 Å². The molecule has 1 aromatic rings. The van der Waals surface area contributed by atoms with Crippen LogP contribution in [0.2, 0.25) is 5.02 Å². The van der Waals surface area contributed by atoms with E-state index in [4.69, 9.17) is 11.6 Å². The first-order valence-corrected chi connectivity index (χ1v) is 5.61. The van der Waals surface area contributed by atoms with Crippen LogP contribution >= 0.6 is 11.6 Å². The van der Waals surface area contributed by atoms with Crippen LogP contribution in [-0.4, -0.2) is 19.0 Å². The van der Waals surface area contributed by atoms with Gasteiger partial charge in [0.1, 0.15) is 5.82 Å². The maximum Gasteiger partial charge on any atom is 0.251 e. The summed E-state index contributed by atoms with van der Waals surface area (Å²) >= 11 is 5.63. The number of anilines is 1. The van der Waals surface area contributed by atoms with E-state index >= 15 is 0 Å². The zero-order valence-electron chi connectivity index (χ0n) is 9.31. The van der Waals surface area contributed by atoms with Crippen molar-refractivity contribution < 1.29 is 9.18 Å². The van der Waals surface area contributed by atoms with Crippen LogP contribution in [-0.2, 0) is 4.79 Å². The van der Waals surface area contributed by atoms with E-state index in [-0.39, 0.29) is 11.6 Å². The smallest absolute Gasteiger partial charge is 0.251 e. The number of hydrogen-bond acceptors (Lipinski definition) is 2. The number of carbonyl (C=O) groups excluding carboxylic acids is 1. The van der Waals surface area contributed by atoms with E-state index < -0.39 is 5.82 Å². The summed E-state index contributed by atoms with van der Waals surface area (Å²) < 4.78 is 13.4. The van der Waals surface area contributed by atoms with Crippen LogP contribution < -0.4 is 10.6 Å². The molecule has 1 amide bonds. The average Bonchev–Trinajstić information content (AvgIpc) is 2.19. The van der Waals surface area contributed by atoms with Crippen molar-refractivity contribution in [3.63, 3.8) is 0 Å². The summed E-state index contributed by atoms with van der Waals surface area (Å²) in [6.45, 7) is 3.18. The Balaban J connectivity index is 2.13. The topological polar surface area (TPSA) is 41.1 Å². The summed E-state index contributed by atoms with van der Waals surface area (Å²) in [7, 11) is 0. The Hall–Kier alpha value is -1.39. The number of carbonyl (C=O) groups is 1. The fourth-order valence-corrected chi connectivity index (χ4v) is 1.64. The van der Waals surface area contributed by atoms with E-state index in [1.54, 1.807) is 6.92 Å². The average molecular weight is 255 g/mol. The van der Waals surface area contributed by atoms with Crippen LogP contribution in [0.1, 0.15) is 6.92 Å². The minimum Gasteiger partial charge on any atom is -0.320 e. The van der Waals surface area contributed by atoms with Crippen molar-refractivity contribution in [2.75, 3.05) is 18.4 Å². The molecule has 0 bridgehead atoms. The van der Waals surface area contributed by atoms with E-state index in [0.717, 1.165) is 18.7 Å². The molecular weight excluding hydrogens is 243 g/mol. The van der Waals surface area contributed by atoms with Gasteiger partial charge < -0.3 is 10.6 Å². The van der Waals surface area contributed by atoms with Gasteiger partial charge in [-0.2, -0.15) is 0 Å². The highest BCUT2D eigenvalue weighted by molar-refractivity contribution is 6.30. The third-order valence-electron chi connectivity index (χ3n) is 2.73. The summed E-state index contributed by atoms with van der Waals surface area (Å²) in [5, 5.41) is 5.88. The van der Waals surface area contributed by atoms with Crippen molar-refractivity contribution in [3.8, 4) is 0 Å². The molecule has 2 N–H and O–H groups in total. The number of rotatable bonds is 2. The number of hydrogen-bond donors (Lipinski definition) is 2. The number of benzene rings is 1. The molecule has 0 spiro atoms. The Morgan fingerprint density at radius 1 is 1.47 bits per heavy atom. The fourth-order valence-electron chi connectivity index (χ4n) is 1.48. The molecule has 0 atom stereocenters. The van der Waals surface area contributed by atoms with Gasteiger partial charge in [-0.1, -0.05) is 11.6 Å². The Labute approximate surface area is 104 Å². The van der Waals surface area contributed by atoms with E-state index in [2.05, 4.69) is 10.6 Å². The molecule has 1 saturated heterocycles. The van der Waals surface area contributed by atoms with Crippen molar-refractivity contribution >= 4 is 23.2 Å². The van der Waals surface area contributed by atoms with E-state index in [1.165, 1.54) is 18.2 Å². The second kappa shape index (κ2) is 4.85. The minimum atomic E-state index is -0.532. The summed E-state index contributed by atoms with van der Waals surface area (Å²) in [6, 6.07) is 4.16. The lowest BCUT2D eigenvalue weighted by molar-refractivity contribution is -0.112. The molecule has 1 aromatic carbocycles. The van der Waals surface area contributed by atoms with Gasteiger partial charge in [-0.05, 0) is 30.7 Å². The normalized spacial score (nSPS) is 14.2. The van der Waals surface area contributed by atoms with Crippen LogP contribution in [0.4, 0.5) is 10.1 Å². The molecule has 17 heavy (non-hydrogen) atoms. The standard InChI is InChI=1S/C12H12ClFN2O/c1-7(8-5-15-6-8)12(17)16-11-3-2-9(13)4-10(11)14/h2-4,15H,5-6H2,1H3,(H,16,17). The second-order valence-corrected chi connectivity index (χ2v) is 4.35. The van der Waals surface area contributed by atoms with Gasteiger partial charge in [-0.15, -0.1) is 0 Å². The summed E-state index contributed by atoms with van der Waals surface area (Å²) in [5.41, 5.74) is 1.83. The number of halogens is 2. The molecule has 1 fully saturated rings. The minimum absolute atomic E-state index is 0.145. The van der Waals surface area contributed by atoms with Crippen LogP contribution in [0, 0.1) is 5.82 Å². The SMILES string of the molecule is CC(C(=O)Nc1ccc(Cl)cc1F)=C1CNC1. The molecule has 2 rings (SSSR count). The van der Waals surface area contributed by atoms with Gasteiger partial charge in [0.25, 0.3) is 5.91 Å². The predicted molar refractivity (Wildman–Crippen MR) is 65.6 cm³/mol. The van der Waals surface area contributed by atoms with Crippen molar-refractivity contribution in [3.05, 3.63) is 40.2 Å². The highest BCUT2D eigenvalue weighted by Crippen LogP contribution is 2.20. The maximum atomic E-state index is 13.4. The summed E-state index contributed by atoms with van der Waals surface area (Å²) in [4.78, 5) is 11.8. The van der Waals surface area contributed by atoms with E-state index in [9.17, 15) is 9.18 Å². The Bertz CT molecular complexity index is 493. The highest BCUT2D eigenvalue weighted by atomic mass is 35.5. The molecule has 1 heterocycles. The lowest BCUT2D eigenvalue weighted by Crippen LogP contribution is -2.36. The maximum absolute atomic E-state index is 13.4.